The van der Waals surface area contributed by atoms with Crippen molar-refractivity contribution in [2.75, 3.05) is 0 Å². The monoisotopic (exact) mass is 244 g/mol. The van der Waals surface area contributed by atoms with Gasteiger partial charge in [-0.25, -0.2) is 4.79 Å². The maximum absolute atomic E-state index is 10.9. The Labute approximate surface area is 103 Å². The number of carboxylic acids is 1. The number of carbonyl (C=O) groups excluding carboxylic acids is 1. The van der Waals surface area contributed by atoms with Crippen molar-refractivity contribution in [2.24, 2.45) is 5.73 Å². The molecular formula is C13H12N2O3. The summed E-state index contributed by atoms with van der Waals surface area (Å²) in [7, 11) is 0. The number of hydrogen-bond donors (Lipinski definition) is 2. The number of nitrogens with two attached hydrogens (primary N) is 1. The van der Waals surface area contributed by atoms with Crippen molar-refractivity contribution >= 4 is 11.9 Å². The largest absolute Gasteiger partial charge is 0.478 e. The Morgan fingerprint density at radius 1 is 1.11 bits per heavy atom. The van der Waals surface area contributed by atoms with E-state index < -0.39 is 11.9 Å². The summed E-state index contributed by atoms with van der Waals surface area (Å²) in [4.78, 5) is 21.6. The van der Waals surface area contributed by atoms with E-state index in [1.807, 2.05) is 0 Å². The van der Waals surface area contributed by atoms with Gasteiger partial charge in [-0.15, -0.1) is 0 Å². The van der Waals surface area contributed by atoms with Gasteiger partial charge in [0.1, 0.15) is 0 Å². The minimum atomic E-state index is -0.946. The predicted molar refractivity (Wildman–Crippen MR) is 65.5 cm³/mol. The van der Waals surface area contributed by atoms with E-state index in [-0.39, 0.29) is 5.56 Å². The molecule has 3 N–H and O–H groups in total. The van der Waals surface area contributed by atoms with Crippen LogP contribution < -0.4 is 5.73 Å². The van der Waals surface area contributed by atoms with E-state index >= 15 is 0 Å². The lowest BCUT2D eigenvalue weighted by atomic mass is 10.1. The topological polar surface area (TPSA) is 85.3 Å². The van der Waals surface area contributed by atoms with Crippen LogP contribution in [0.2, 0.25) is 0 Å². The van der Waals surface area contributed by atoms with Gasteiger partial charge in [0.15, 0.2) is 0 Å². The molecule has 2 rings (SSSR count). The molecular weight excluding hydrogens is 232 g/mol. The van der Waals surface area contributed by atoms with E-state index in [0.717, 1.165) is 5.56 Å². The van der Waals surface area contributed by atoms with Gasteiger partial charge in [-0.1, -0.05) is 12.1 Å². The summed E-state index contributed by atoms with van der Waals surface area (Å²) in [5.74, 6) is -1.41. The van der Waals surface area contributed by atoms with Crippen LogP contribution in [-0.4, -0.2) is 21.6 Å². The first-order valence-corrected chi connectivity index (χ1v) is 5.34. The molecule has 0 unspecified atom stereocenters. The van der Waals surface area contributed by atoms with E-state index in [9.17, 15) is 9.59 Å². The Morgan fingerprint density at radius 2 is 1.78 bits per heavy atom. The van der Waals surface area contributed by atoms with Gasteiger partial charge in [-0.3, -0.25) is 4.79 Å². The number of rotatable bonds is 4. The van der Waals surface area contributed by atoms with Crippen molar-refractivity contribution in [1.82, 2.24) is 4.57 Å². The van der Waals surface area contributed by atoms with Gasteiger partial charge in [-0.2, -0.15) is 0 Å². The second-order valence-electron chi connectivity index (χ2n) is 3.94. The number of aromatic nitrogens is 1. The Morgan fingerprint density at radius 3 is 2.28 bits per heavy atom. The van der Waals surface area contributed by atoms with Crippen LogP contribution in [0.15, 0.2) is 42.7 Å². The first kappa shape index (κ1) is 11.9. The van der Waals surface area contributed by atoms with Crippen LogP contribution in [0.25, 0.3) is 0 Å². The molecule has 2 aromatic rings. The standard InChI is InChI=1S/C13H12N2O3/c14-12(16)10-3-1-9(2-4-10)7-15-6-5-11(8-15)13(17)18/h1-6,8H,7H2,(H2,14,16)(H,17,18). The molecule has 0 aliphatic rings. The molecule has 0 spiro atoms. The molecule has 0 aliphatic carbocycles. The van der Waals surface area contributed by atoms with Crippen molar-refractivity contribution in [3.8, 4) is 0 Å². The number of amides is 1. The highest BCUT2D eigenvalue weighted by molar-refractivity contribution is 5.92. The molecule has 0 aliphatic heterocycles. The maximum Gasteiger partial charge on any atom is 0.337 e. The molecule has 0 saturated heterocycles. The second-order valence-corrected chi connectivity index (χ2v) is 3.94. The van der Waals surface area contributed by atoms with Gasteiger partial charge in [0, 0.05) is 24.5 Å². The van der Waals surface area contributed by atoms with Crippen molar-refractivity contribution in [2.45, 2.75) is 6.54 Å². The third-order valence-corrected chi connectivity index (χ3v) is 2.60. The van der Waals surface area contributed by atoms with Crippen LogP contribution in [-0.2, 0) is 6.54 Å². The number of aromatic carboxylic acids is 1. The lowest BCUT2D eigenvalue weighted by Gasteiger charge is -2.03. The number of carboxylic acid groups (broad SMARTS) is 1. The SMILES string of the molecule is NC(=O)c1ccc(Cn2ccc(C(=O)O)c2)cc1. The first-order valence-electron chi connectivity index (χ1n) is 5.34. The average molecular weight is 244 g/mol. The van der Waals surface area contributed by atoms with Gasteiger partial charge >= 0.3 is 5.97 Å². The van der Waals surface area contributed by atoms with Gasteiger partial charge in [0.2, 0.25) is 5.91 Å². The molecule has 92 valence electrons. The molecule has 0 radical (unpaired) electrons. The molecule has 0 atom stereocenters. The molecule has 0 fully saturated rings. The van der Waals surface area contributed by atoms with E-state index in [0.29, 0.717) is 12.1 Å². The number of carbonyl (C=O) groups is 2. The normalized spacial score (nSPS) is 10.2. The minimum absolute atomic E-state index is 0.253. The second kappa shape index (κ2) is 4.75. The third kappa shape index (κ3) is 2.57. The minimum Gasteiger partial charge on any atom is -0.478 e. The summed E-state index contributed by atoms with van der Waals surface area (Å²) in [5, 5.41) is 8.80. The maximum atomic E-state index is 10.9. The smallest absolute Gasteiger partial charge is 0.337 e. The number of benzene rings is 1. The first-order chi connectivity index (χ1) is 8.56. The summed E-state index contributed by atoms with van der Waals surface area (Å²) < 4.78 is 1.77. The lowest BCUT2D eigenvalue weighted by Crippen LogP contribution is -2.10. The Kier molecular flexibility index (Phi) is 3.14. The Hall–Kier alpha value is -2.56. The van der Waals surface area contributed by atoms with Crippen LogP contribution in [0.5, 0.6) is 0 Å². The van der Waals surface area contributed by atoms with Crippen LogP contribution in [0.4, 0.5) is 0 Å². The number of primary amides is 1. The van der Waals surface area contributed by atoms with Crippen molar-refractivity contribution in [3.63, 3.8) is 0 Å². The van der Waals surface area contributed by atoms with Crippen LogP contribution >= 0.6 is 0 Å². The molecule has 0 saturated carbocycles. The van der Waals surface area contributed by atoms with Crippen LogP contribution in [0, 0.1) is 0 Å². The van der Waals surface area contributed by atoms with Crippen LogP contribution in [0.3, 0.4) is 0 Å². The highest BCUT2D eigenvalue weighted by Gasteiger charge is 2.05. The fourth-order valence-electron chi connectivity index (χ4n) is 1.65. The Bertz CT molecular complexity index is 585. The number of hydrogen-bond acceptors (Lipinski definition) is 2. The fourth-order valence-corrected chi connectivity index (χ4v) is 1.65. The molecule has 1 amide bonds. The molecule has 1 aromatic carbocycles. The zero-order chi connectivity index (χ0) is 13.1. The van der Waals surface area contributed by atoms with Crippen molar-refractivity contribution in [3.05, 3.63) is 59.4 Å². The Balaban J connectivity index is 2.13. The summed E-state index contributed by atoms with van der Waals surface area (Å²) in [6, 6.07) is 8.43. The molecule has 18 heavy (non-hydrogen) atoms. The van der Waals surface area contributed by atoms with E-state index in [4.69, 9.17) is 10.8 Å². The fraction of sp³-hybridized carbons (Fsp3) is 0.0769. The molecule has 5 nitrogen and oxygen atoms in total. The molecule has 5 heteroatoms. The molecule has 1 aromatic heterocycles. The highest BCUT2D eigenvalue weighted by Crippen LogP contribution is 2.08. The zero-order valence-corrected chi connectivity index (χ0v) is 9.54. The number of nitrogens with zero attached hydrogens (tertiary/aromatic N) is 1. The quantitative estimate of drug-likeness (QED) is 0.850. The van der Waals surface area contributed by atoms with Gasteiger partial charge in [0.25, 0.3) is 0 Å². The van der Waals surface area contributed by atoms with Gasteiger partial charge < -0.3 is 15.4 Å². The van der Waals surface area contributed by atoms with Gasteiger partial charge in [-0.05, 0) is 23.8 Å². The third-order valence-electron chi connectivity index (χ3n) is 2.60. The highest BCUT2D eigenvalue weighted by atomic mass is 16.4. The predicted octanol–water partition coefficient (Wildman–Crippen LogP) is 1.33. The van der Waals surface area contributed by atoms with Crippen molar-refractivity contribution in [1.29, 1.82) is 0 Å². The lowest BCUT2D eigenvalue weighted by molar-refractivity contribution is 0.0696. The summed E-state index contributed by atoms with van der Waals surface area (Å²) in [6.45, 7) is 0.548. The average Bonchev–Trinajstić information content (AvgIpc) is 2.78. The zero-order valence-electron chi connectivity index (χ0n) is 9.54. The summed E-state index contributed by atoms with van der Waals surface area (Å²) in [6.07, 6.45) is 3.26. The van der Waals surface area contributed by atoms with Crippen molar-refractivity contribution < 1.29 is 14.7 Å². The molecule has 1 heterocycles. The molecule has 0 bridgehead atoms. The summed E-state index contributed by atoms with van der Waals surface area (Å²) in [5.41, 5.74) is 6.82. The van der Waals surface area contributed by atoms with E-state index in [2.05, 4.69) is 0 Å². The van der Waals surface area contributed by atoms with Crippen LogP contribution in [0.1, 0.15) is 26.3 Å². The van der Waals surface area contributed by atoms with Gasteiger partial charge in [0.05, 0.1) is 5.56 Å². The van der Waals surface area contributed by atoms with E-state index in [1.54, 1.807) is 47.3 Å². The summed E-state index contributed by atoms with van der Waals surface area (Å²) >= 11 is 0. The van der Waals surface area contributed by atoms with E-state index in [1.165, 1.54) is 0 Å².